The summed E-state index contributed by atoms with van der Waals surface area (Å²) in [5.74, 6) is 0.747. The monoisotopic (exact) mass is 198 g/mol. The van der Waals surface area contributed by atoms with Gasteiger partial charge in [0.05, 0.1) is 0 Å². The number of hydrogen-bond donors (Lipinski definition) is 0. The molecular formula is C12H22O2. The van der Waals surface area contributed by atoms with Gasteiger partial charge in [-0.25, -0.2) is 0 Å². The first-order valence-electron chi connectivity index (χ1n) is 5.33. The summed E-state index contributed by atoms with van der Waals surface area (Å²) in [5, 5.41) is 0. The minimum Gasteiger partial charge on any atom is -0.304 e. The fourth-order valence-corrected chi connectivity index (χ4v) is 2.05. The Morgan fingerprint density at radius 2 is 1.93 bits per heavy atom. The van der Waals surface area contributed by atoms with Crippen LogP contribution in [0.3, 0.4) is 0 Å². The lowest BCUT2D eigenvalue weighted by Crippen LogP contribution is -2.26. The Labute approximate surface area is 87.1 Å². The quantitative estimate of drug-likeness (QED) is 0.607. The molecule has 1 rings (SSSR count). The van der Waals surface area contributed by atoms with Crippen molar-refractivity contribution < 1.29 is 9.59 Å². The van der Waals surface area contributed by atoms with Crippen molar-refractivity contribution in [2.75, 3.05) is 0 Å². The molecule has 82 valence electrons. The third-order valence-corrected chi connectivity index (χ3v) is 2.78. The van der Waals surface area contributed by atoms with Crippen LogP contribution in [0.5, 0.6) is 0 Å². The van der Waals surface area contributed by atoms with E-state index in [1.807, 2.05) is 0 Å². The lowest BCUT2D eigenvalue weighted by atomic mass is 9.71. The van der Waals surface area contributed by atoms with Crippen molar-refractivity contribution in [2.24, 2.45) is 11.3 Å². The van der Waals surface area contributed by atoms with E-state index in [2.05, 4.69) is 13.8 Å². The number of carbonyl (C=O) groups excluding carboxylic acids is 2. The number of rotatable bonds is 1. The van der Waals surface area contributed by atoms with Gasteiger partial charge in [-0.3, -0.25) is 4.79 Å². The Morgan fingerprint density at radius 3 is 2.21 bits per heavy atom. The molecule has 0 amide bonds. The van der Waals surface area contributed by atoms with Crippen molar-refractivity contribution in [3.05, 3.63) is 0 Å². The van der Waals surface area contributed by atoms with Crippen molar-refractivity contribution in [1.29, 1.82) is 0 Å². The highest BCUT2D eigenvalue weighted by atomic mass is 16.1. The second-order valence-corrected chi connectivity index (χ2v) is 4.80. The smallest absolute Gasteiger partial charge is 0.132 e. The van der Waals surface area contributed by atoms with E-state index in [9.17, 15) is 4.79 Å². The third kappa shape index (κ3) is 5.15. The van der Waals surface area contributed by atoms with Gasteiger partial charge in [0, 0.05) is 5.92 Å². The summed E-state index contributed by atoms with van der Waals surface area (Å²) < 4.78 is 0. The van der Waals surface area contributed by atoms with Crippen LogP contribution in [-0.4, -0.2) is 12.1 Å². The molecule has 0 heterocycles. The fraction of sp³-hybridized carbons (Fsp3) is 0.833. The maximum Gasteiger partial charge on any atom is 0.132 e. The maximum atomic E-state index is 11.1. The molecule has 0 radical (unpaired) electrons. The zero-order valence-corrected chi connectivity index (χ0v) is 9.80. The molecule has 0 aromatic heterocycles. The van der Waals surface area contributed by atoms with Gasteiger partial charge in [-0.2, -0.15) is 0 Å². The van der Waals surface area contributed by atoms with Crippen molar-refractivity contribution >= 4 is 12.1 Å². The van der Waals surface area contributed by atoms with Gasteiger partial charge in [0.25, 0.3) is 0 Å². The van der Waals surface area contributed by atoms with E-state index in [1.165, 1.54) is 19.8 Å². The minimum atomic E-state index is 0.360. The zero-order chi connectivity index (χ0) is 11.2. The SMILES string of the molecule is CC(=O)C1CCCC(C)(C)C1.CC=O. The number of ketones is 1. The highest BCUT2D eigenvalue weighted by Gasteiger charge is 2.29. The van der Waals surface area contributed by atoms with Gasteiger partial charge in [0.2, 0.25) is 0 Å². The van der Waals surface area contributed by atoms with Gasteiger partial charge in [-0.15, -0.1) is 0 Å². The van der Waals surface area contributed by atoms with E-state index >= 15 is 0 Å². The molecule has 1 fully saturated rings. The molecule has 14 heavy (non-hydrogen) atoms. The Morgan fingerprint density at radius 1 is 1.43 bits per heavy atom. The van der Waals surface area contributed by atoms with E-state index < -0.39 is 0 Å². The van der Waals surface area contributed by atoms with Crippen LogP contribution < -0.4 is 0 Å². The molecule has 1 aliphatic rings. The van der Waals surface area contributed by atoms with E-state index in [0.29, 0.717) is 17.1 Å². The van der Waals surface area contributed by atoms with Gasteiger partial charge in [-0.1, -0.05) is 20.3 Å². The van der Waals surface area contributed by atoms with Crippen LogP contribution in [0.4, 0.5) is 0 Å². The Hall–Kier alpha value is -0.660. The summed E-state index contributed by atoms with van der Waals surface area (Å²) in [6.45, 7) is 7.70. The number of carbonyl (C=O) groups is 2. The molecule has 1 aliphatic carbocycles. The summed E-state index contributed by atoms with van der Waals surface area (Å²) in [4.78, 5) is 19.9. The van der Waals surface area contributed by atoms with Crippen LogP contribution in [0.25, 0.3) is 0 Å². The molecule has 0 saturated heterocycles. The zero-order valence-electron chi connectivity index (χ0n) is 9.80. The summed E-state index contributed by atoms with van der Waals surface area (Å²) in [6.07, 6.45) is 5.50. The molecule has 2 heteroatoms. The first-order chi connectivity index (χ1) is 6.43. The van der Waals surface area contributed by atoms with Crippen LogP contribution in [0.2, 0.25) is 0 Å². The number of hydrogen-bond acceptors (Lipinski definition) is 2. The molecule has 0 N–H and O–H groups in total. The van der Waals surface area contributed by atoms with Crippen molar-refractivity contribution in [1.82, 2.24) is 0 Å². The number of aldehydes is 1. The average Bonchev–Trinajstić information content (AvgIpc) is 2.03. The molecule has 0 bridgehead atoms. The van der Waals surface area contributed by atoms with Gasteiger partial charge in [0.1, 0.15) is 12.1 Å². The lowest BCUT2D eigenvalue weighted by molar-refractivity contribution is -0.122. The highest BCUT2D eigenvalue weighted by molar-refractivity contribution is 5.78. The molecule has 1 unspecified atom stereocenters. The normalized spacial score (nSPS) is 24.4. The second-order valence-electron chi connectivity index (χ2n) is 4.80. The van der Waals surface area contributed by atoms with Gasteiger partial charge < -0.3 is 4.79 Å². The molecule has 0 aromatic rings. The fourth-order valence-electron chi connectivity index (χ4n) is 2.05. The Balaban J connectivity index is 0.000000500. The number of Topliss-reactive ketones (excluding diaryl/α,β-unsaturated/α-hetero) is 1. The first-order valence-corrected chi connectivity index (χ1v) is 5.33. The van der Waals surface area contributed by atoms with Crippen LogP contribution >= 0.6 is 0 Å². The van der Waals surface area contributed by atoms with Crippen LogP contribution in [0, 0.1) is 11.3 Å². The average molecular weight is 198 g/mol. The predicted molar refractivity (Wildman–Crippen MR) is 58.2 cm³/mol. The molecule has 0 aliphatic heterocycles. The lowest BCUT2D eigenvalue weighted by Gasteiger charge is -2.33. The molecular weight excluding hydrogens is 176 g/mol. The minimum absolute atomic E-state index is 0.360. The predicted octanol–water partition coefficient (Wildman–Crippen LogP) is 3.00. The standard InChI is InChI=1S/C10H18O.C2H4O/c1-8(11)9-5-4-6-10(2,3)7-9;1-2-3/h9H,4-7H2,1-3H3;2H,1H3. The van der Waals surface area contributed by atoms with Gasteiger partial charge in [-0.05, 0) is 38.5 Å². The van der Waals surface area contributed by atoms with Crippen LogP contribution in [0.15, 0.2) is 0 Å². The van der Waals surface area contributed by atoms with E-state index in [4.69, 9.17) is 4.79 Å². The summed E-state index contributed by atoms with van der Waals surface area (Å²) in [6, 6.07) is 0. The molecule has 0 aromatic carbocycles. The van der Waals surface area contributed by atoms with Gasteiger partial charge in [0.15, 0.2) is 0 Å². The van der Waals surface area contributed by atoms with Crippen LogP contribution in [-0.2, 0) is 9.59 Å². The summed E-state index contributed by atoms with van der Waals surface area (Å²) >= 11 is 0. The van der Waals surface area contributed by atoms with Crippen molar-refractivity contribution in [2.45, 2.75) is 53.4 Å². The molecule has 2 nitrogen and oxygen atoms in total. The maximum absolute atomic E-state index is 11.1. The molecule has 0 spiro atoms. The van der Waals surface area contributed by atoms with E-state index in [0.717, 1.165) is 19.1 Å². The Bertz CT molecular complexity index is 194. The topological polar surface area (TPSA) is 34.1 Å². The summed E-state index contributed by atoms with van der Waals surface area (Å²) in [5.41, 5.74) is 0.411. The molecule has 1 saturated carbocycles. The highest BCUT2D eigenvalue weighted by Crippen LogP contribution is 2.38. The molecule has 1 atom stereocenters. The first kappa shape index (κ1) is 13.3. The van der Waals surface area contributed by atoms with Crippen LogP contribution in [0.1, 0.15) is 53.4 Å². The van der Waals surface area contributed by atoms with E-state index in [1.54, 1.807) is 6.92 Å². The second kappa shape index (κ2) is 5.94. The largest absolute Gasteiger partial charge is 0.304 e. The summed E-state index contributed by atoms with van der Waals surface area (Å²) in [7, 11) is 0. The van der Waals surface area contributed by atoms with Gasteiger partial charge >= 0.3 is 0 Å². The van der Waals surface area contributed by atoms with E-state index in [-0.39, 0.29) is 0 Å². The Kier molecular flexibility index (Phi) is 5.66. The third-order valence-electron chi connectivity index (χ3n) is 2.78. The van der Waals surface area contributed by atoms with Crippen molar-refractivity contribution in [3.8, 4) is 0 Å². The van der Waals surface area contributed by atoms with Crippen molar-refractivity contribution in [3.63, 3.8) is 0 Å².